The molecule has 0 spiro atoms. The second-order valence-corrected chi connectivity index (χ2v) is 6.95. The summed E-state index contributed by atoms with van der Waals surface area (Å²) in [5.41, 5.74) is 1.13. The van der Waals surface area contributed by atoms with Gasteiger partial charge in [0.15, 0.2) is 5.76 Å². The maximum atomic E-state index is 12.2. The zero-order chi connectivity index (χ0) is 20.1. The quantitative estimate of drug-likeness (QED) is 0.455. The average molecular weight is 389 g/mol. The number of furan rings is 1. The van der Waals surface area contributed by atoms with Gasteiger partial charge in [-0.2, -0.15) is 5.10 Å². The van der Waals surface area contributed by atoms with Crippen LogP contribution in [0.1, 0.15) is 28.3 Å². The molecule has 4 rings (SSSR count). The molecule has 2 aromatic carbocycles. The van der Waals surface area contributed by atoms with Crippen LogP contribution in [0.3, 0.4) is 0 Å². The summed E-state index contributed by atoms with van der Waals surface area (Å²) in [7, 11) is 0. The first-order valence-electron chi connectivity index (χ1n) is 9.65. The van der Waals surface area contributed by atoms with Crippen molar-refractivity contribution in [1.82, 2.24) is 15.1 Å². The first kappa shape index (κ1) is 18.8. The van der Waals surface area contributed by atoms with Crippen molar-refractivity contribution in [1.29, 1.82) is 0 Å². The number of carbonyl (C=O) groups is 1. The van der Waals surface area contributed by atoms with Gasteiger partial charge in [-0.05, 0) is 53.9 Å². The first-order chi connectivity index (χ1) is 14.2. The normalized spacial score (nSPS) is 10.9. The van der Waals surface area contributed by atoms with E-state index < -0.39 is 0 Å². The van der Waals surface area contributed by atoms with Gasteiger partial charge in [0.2, 0.25) is 0 Å². The molecule has 0 fully saturated rings. The van der Waals surface area contributed by atoms with Gasteiger partial charge in [0.05, 0.1) is 6.20 Å². The molecule has 2 heterocycles. The van der Waals surface area contributed by atoms with Crippen LogP contribution in [0.2, 0.25) is 0 Å². The van der Waals surface area contributed by atoms with Gasteiger partial charge >= 0.3 is 0 Å². The molecular formula is C23H23N3O3. The van der Waals surface area contributed by atoms with Crippen LogP contribution in [0.5, 0.6) is 5.75 Å². The highest BCUT2D eigenvalue weighted by atomic mass is 16.5. The number of hydrogen-bond acceptors (Lipinski definition) is 4. The zero-order valence-electron chi connectivity index (χ0n) is 16.3. The summed E-state index contributed by atoms with van der Waals surface area (Å²) < 4.78 is 13.3. The Balaban J connectivity index is 1.25. The fourth-order valence-corrected chi connectivity index (χ4v) is 3.11. The number of rotatable bonds is 8. The summed E-state index contributed by atoms with van der Waals surface area (Å²) in [5.74, 6) is 1.44. The molecule has 0 atom stereocenters. The Kier molecular flexibility index (Phi) is 5.61. The van der Waals surface area contributed by atoms with E-state index in [4.69, 9.17) is 9.15 Å². The minimum absolute atomic E-state index is 0.224. The maximum absolute atomic E-state index is 12.2. The Bertz CT molecular complexity index is 1110. The van der Waals surface area contributed by atoms with Crippen molar-refractivity contribution in [3.8, 4) is 5.75 Å². The van der Waals surface area contributed by atoms with E-state index in [2.05, 4.69) is 16.5 Å². The Morgan fingerprint density at radius 1 is 1.14 bits per heavy atom. The Morgan fingerprint density at radius 3 is 2.83 bits per heavy atom. The molecule has 6 heteroatoms. The Morgan fingerprint density at radius 2 is 2.00 bits per heavy atom. The lowest BCUT2D eigenvalue weighted by Gasteiger charge is -2.06. The summed E-state index contributed by atoms with van der Waals surface area (Å²) in [6.45, 7) is 3.59. The number of nitrogens with one attached hydrogen (secondary N) is 1. The summed E-state index contributed by atoms with van der Waals surface area (Å²) >= 11 is 0. The smallest absolute Gasteiger partial charge is 0.286 e. The second kappa shape index (κ2) is 8.65. The van der Waals surface area contributed by atoms with Crippen LogP contribution in [0.15, 0.2) is 71.4 Å². The van der Waals surface area contributed by atoms with Crippen molar-refractivity contribution < 1.29 is 13.9 Å². The molecule has 0 radical (unpaired) electrons. The van der Waals surface area contributed by atoms with Crippen molar-refractivity contribution >= 4 is 16.7 Å². The Hall–Kier alpha value is -3.54. The summed E-state index contributed by atoms with van der Waals surface area (Å²) in [6.07, 6.45) is 4.60. The van der Waals surface area contributed by atoms with Gasteiger partial charge in [0, 0.05) is 19.3 Å². The van der Waals surface area contributed by atoms with Crippen LogP contribution in [0.25, 0.3) is 10.8 Å². The number of ether oxygens (including phenoxy) is 1. The molecule has 2 aromatic heterocycles. The van der Waals surface area contributed by atoms with Crippen molar-refractivity contribution in [2.75, 3.05) is 6.54 Å². The molecular weight excluding hydrogens is 366 g/mol. The minimum Gasteiger partial charge on any atom is -0.486 e. The third-order valence-electron chi connectivity index (χ3n) is 4.60. The lowest BCUT2D eigenvalue weighted by atomic mass is 10.1. The van der Waals surface area contributed by atoms with Crippen LogP contribution in [-0.2, 0) is 13.2 Å². The number of aromatic nitrogens is 2. The summed E-state index contributed by atoms with van der Waals surface area (Å²) in [6, 6.07) is 17.5. The van der Waals surface area contributed by atoms with E-state index in [1.807, 2.05) is 60.4 Å². The van der Waals surface area contributed by atoms with Crippen LogP contribution in [0, 0.1) is 6.92 Å². The monoisotopic (exact) mass is 389 g/mol. The van der Waals surface area contributed by atoms with Crippen molar-refractivity contribution in [3.05, 3.63) is 84.1 Å². The standard InChI is InChI=1S/C23H23N3O3/c1-17-14-25-26(15-17)12-4-11-24-23(27)22-10-9-21(29-22)16-28-20-8-7-18-5-2-3-6-19(18)13-20/h2-3,5-10,13-15H,4,11-12,16H2,1H3,(H,24,27). The van der Waals surface area contributed by atoms with Gasteiger partial charge in [-0.3, -0.25) is 9.48 Å². The van der Waals surface area contributed by atoms with Crippen LogP contribution in [-0.4, -0.2) is 22.2 Å². The molecule has 29 heavy (non-hydrogen) atoms. The van der Waals surface area contributed by atoms with E-state index in [0.29, 0.717) is 12.3 Å². The molecule has 148 valence electrons. The number of aryl methyl sites for hydroxylation is 2. The van der Waals surface area contributed by atoms with Crippen LogP contribution >= 0.6 is 0 Å². The van der Waals surface area contributed by atoms with Gasteiger partial charge in [-0.25, -0.2) is 0 Å². The number of benzene rings is 2. The number of carbonyl (C=O) groups excluding carboxylic acids is 1. The van der Waals surface area contributed by atoms with E-state index in [1.165, 1.54) is 5.39 Å². The van der Waals surface area contributed by atoms with Crippen molar-refractivity contribution in [2.24, 2.45) is 0 Å². The second-order valence-electron chi connectivity index (χ2n) is 6.95. The molecule has 0 bridgehead atoms. The van der Waals surface area contributed by atoms with Gasteiger partial charge in [0.1, 0.15) is 18.1 Å². The molecule has 1 N–H and O–H groups in total. The summed E-state index contributed by atoms with van der Waals surface area (Å²) in [4.78, 5) is 12.2. The SMILES string of the molecule is Cc1cnn(CCCNC(=O)c2ccc(COc3ccc4ccccc4c3)o2)c1. The maximum Gasteiger partial charge on any atom is 0.286 e. The lowest BCUT2D eigenvalue weighted by molar-refractivity contribution is 0.0921. The third kappa shape index (κ3) is 4.85. The molecule has 0 saturated heterocycles. The van der Waals surface area contributed by atoms with Crippen molar-refractivity contribution in [3.63, 3.8) is 0 Å². The van der Waals surface area contributed by atoms with Gasteiger partial charge in [-0.15, -0.1) is 0 Å². The molecule has 0 aliphatic carbocycles. The highest BCUT2D eigenvalue weighted by Crippen LogP contribution is 2.21. The molecule has 4 aromatic rings. The predicted octanol–water partition coefficient (Wildman–Crippen LogP) is 4.34. The largest absolute Gasteiger partial charge is 0.486 e. The molecule has 6 nitrogen and oxygen atoms in total. The fraction of sp³-hybridized carbons (Fsp3) is 0.217. The van der Waals surface area contributed by atoms with Gasteiger partial charge in [-0.1, -0.05) is 30.3 Å². The Labute approximate surface area is 169 Å². The summed E-state index contributed by atoms with van der Waals surface area (Å²) in [5, 5.41) is 9.38. The molecule has 0 saturated carbocycles. The highest BCUT2D eigenvalue weighted by Gasteiger charge is 2.11. The number of amides is 1. The topological polar surface area (TPSA) is 69.3 Å². The highest BCUT2D eigenvalue weighted by molar-refractivity contribution is 5.91. The van der Waals surface area contributed by atoms with Gasteiger partial charge < -0.3 is 14.5 Å². The van der Waals surface area contributed by atoms with E-state index in [1.54, 1.807) is 12.1 Å². The predicted molar refractivity (Wildman–Crippen MR) is 111 cm³/mol. The van der Waals surface area contributed by atoms with E-state index in [9.17, 15) is 4.79 Å². The van der Waals surface area contributed by atoms with E-state index >= 15 is 0 Å². The van der Waals surface area contributed by atoms with E-state index in [-0.39, 0.29) is 18.3 Å². The lowest BCUT2D eigenvalue weighted by Crippen LogP contribution is -2.24. The number of fused-ring (bicyclic) bond motifs is 1. The first-order valence-corrected chi connectivity index (χ1v) is 9.65. The van der Waals surface area contributed by atoms with Crippen molar-refractivity contribution in [2.45, 2.75) is 26.5 Å². The molecule has 0 aliphatic rings. The molecule has 0 aliphatic heterocycles. The average Bonchev–Trinajstić information content (AvgIpc) is 3.38. The minimum atomic E-state index is -0.224. The van der Waals surface area contributed by atoms with E-state index in [0.717, 1.165) is 29.7 Å². The fourth-order valence-electron chi connectivity index (χ4n) is 3.11. The number of nitrogens with zero attached hydrogens (tertiary/aromatic N) is 2. The zero-order valence-corrected chi connectivity index (χ0v) is 16.3. The van der Waals surface area contributed by atoms with Crippen LogP contribution < -0.4 is 10.1 Å². The molecule has 0 unspecified atom stereocenters. The number of hydrogen-bond donors (Lipinski definition) is 1. The molecule has 1 amide bonds. The third-order valence-corrected chi connectivity index (χ3v) is 4.60. The van der Waals surface area contributed by atoms with Gasteiger partial charge in [0.25, 0.3) is 5.91 Å². The van der Waals surface area contributed by atoms with Crippen LogP contribution in [0.4, 0.5) is 0 Å².